The molecule has 0 atom stereocenters. The Balaban J connectivity index is 2.69. The van der Waals surface area contributed by atoms with Crippen LogP contribution in [-0.2, 0) is 11.3 Å². The standard InChI is InChI=1S/C14H13FN2O3/c1-20-7-11-12(8-2-4-9(15)5-3-8)13(18)10(6-17-11)14(16)19/h2-6H,7H2,1H3,(H2,16,19)(H,17,18). The number of benzene rings is 1. The van der Waals surface area contributed by atoms with Crippen LogP contribution in [0.25, 0.3) is 11.1 Å². The van der Waals surface area contributed by atoms with Crippen molar-refractivity contribution in [3.8, 4) is 11.1 Å². The highest BCUT2D eigenvalue weighted by Gasteiger charge is 2.16. The van der Waals surface area contributed by atoms with E-state index in [4.69, 9.17) is 10.5 Å². The Morgan fingerprint density at radius 1 is 1.35 bits per heavy atom. The summed E-state index contributed by atoms with van der Waals surface area (Å²) in [7, 11) is 1.48. The van der Waals surface area contributed by atoms with E-state index in [0.717, 1.165) is 0 Å². The zero-order valence-electron chi connectivity index (χ0n) is 10.8. The number of aromatic nitrogens is 1. The third-order valence-electron chi connectivity index (χ3n) is 2.85. The second-order valence-corrected chi connectivity index (χ2v) is 4.19. The van der Waals surface area contributed by atoms with Gasteiger partial charge in [-0.05, 0) is 17.7 Å². The number of nitrogens with one attached hydrogen (secondary N) is 1. The molecule has 2 aromatic rings. The number of H-pyrrole nitrogens is 1. The van der Waals surface area contributed by atoms with Gasteiger partial charge in [0.25, 0.3) is 5.91 Å². The molecule has 1 aromatic carbocycles. The van der Waals surface area contributed by atoms with Crippen LogP contribution in [0.3, 0.4) is 0 Å². The quantitative estimate of drug-likeness (QED) is 0.885. The molecule has 1 heterocycles. The molecule has 2 rings (SSSR count). The smallest absolute Gasteiger partial charge is 0.254 e. The number of halogens is 1. The van der Waals surface area contributed by atoms with Gasteiger partial charge in [-0.3, -0.25) is 9.59 Å². The number of ether oxygens (including phenoxy) is 1. The molecule has 6 heteroatoms. The maximum atomic E-state index is 13.0. The van der Waals surface area contributed by atoms with Gasteiger partial charge in [-0.25, -0.2) is 4.39 Å². The lowest BCUT2D eigenvalue weighted by atomic mass is 10.0. The second kappa shape index (κ2) is 5.66. The molecule has 20 heavy (non-hydrogen) atoms. The fourth-order valence-corrected chi connectivity index (χ4v) is 1.93. The van der Waals surface area contributed by atoms with E-state index in [9.17, 15) is 14.0 Å². The molecule has 0 bridgehead atoms. The first-order valence-corrected chi connectivity index (χ1v) is 5.84. The van der Waals surface area contributed by atoms with Crippen LogP contribution in [0.2, 0.25) is 0 Å². The minimum absolute atomic E-state index is 0.149. The third kappa shape index (κ3) is 2.60. The summed E-state index contributed by atoms with van der Waals surface area (Å²) in [5, 5.41) is 0. The number of hydrogen-bond donors (Lipinski definition) is 2. The van der Waals surface area contributed by atoms with Gasteiger partial charge in [0.05, 0.1) is 17.9 Å². The molecular formula is C14H13FN2O3. The molecule has 0 saturated carbocycles. The summed E-state index contributed by atoms with van der Waals surface area (Å²) >= 11 is 0. The maximum absolute atomic E-state index is 13.0. The van der Waals surface area contributed by atoms with E-state index in [2.05, 4.69) is 4.98 Å². The Bertz CT molecular complexity index is 693. The average Bonchev–Trinajstić information content (AvgIpc) is 2.40. The summed E-state index contributed by atoms with van der Waals surface area (Å²) in [6.45, 7) is 0.154. The first-order chi connectivity index (χ1) is 9.54. The normalized spacial score (nSPS) is 10.5. The molecule has 0 radical (unpaired) electrons. The monoisotopic (exact) mass is 276 g/mol. The van der Waals surface area contributed by atoms with Crippen LogP contribution in [0.15, 0.2) is 35.3 Å². The Labute approximate surface area is 114 Å². The van der Waals surface area contributed by atoms with Gasteiger partial charge >= 0.3 is 0 Å². The van der Waals surface area contributed by atoms with E-state index in [0.29, 0.717) is 11.3 Å². The summed E-state index contributed by atoms with van der Waals surface area (Å²) < 4.78 is 18.0. The molecule has 104 valence electrons. The van der Waals surface area contributed by atoms with Crippen LogP contribution in [0.5, 0.6) is 0 Å². The molecule has 0 aliphatic carbocycles. The van der Waals surface area contributed by atoms with Gasteiger partial charge in [0.15, 0.2) is 0 Å². The highest BCUT2D eigenvalue weighted by Crippen LogP contribution is 2.20. The molecule has 3 N–H and O–H groups in total. The number of pyridine rings is 1. The molecule has 5 nitrogen and oxygen atoms in total. The van der Waals surface area contributed by atoms with Gasteiger partial charge < -0.3 is 15.5 Å². The van der Waals surface area contributed by atoms with Crippen molar-refractivity contribution in [2.45, 2.75) is 6.61 Å². The molecule has 0 aliphatic rings. The topological polar surface area (TPSA) is 85.2 Å². The van der Waals surface area contributed by atoms with Crippen molar-refractivity contribution in [3.05, 3.63) is 57.8 Å². The molecule has 1 aromatic heterocycles. The van der Waals surface area contributed by atoms with Crippen molar-refractivity contribution >= 4 is 5.91 Å². The molecule has 0 unspecified atom stereocenters. The fraction of sp³-hybridized carbons (Fsp3) is 0.143. The van der Waals surface area contributed by atoms with Crippen LogP contribution in [-0.4, -0.2) is 18.0 Å². The summed E-state index contributed by atoms with van der Waals surface area (Å²) in [5.41, 5.74) is 5.74. The highest BCUT2D eigenvalue weighted by molar-refractivity contribution is 5.93. The van der Waals surface area contributed by atoms with Crippen molar-refractivity contribution in [1.82, 2.24) is 4.98 Å². The molecule has 0 fully saturated rings. The summed E-state index contributed by atoms with van der Waals surface area (Å²) in [6.07, 6.45) is 1.26. The summed E-state index contributed by atoms with van der Waals surface area (Å²) in [6, 6.07) is 5.40. The summed E-state index contributed by atoms with van der Waals surface area (Å²) in [4.78, 5) is 26.4. The number of aromatic amines is 1. The Morgan fingerprint density at radius 2 is 2.00 bits per heavy atom. The Kier molecular flexibility index (Phi) is 3.95. The minimum Gasteiger partial charge on any atom is -0.378 e. The summed E-state index contributed by atoms with van der Waals surface area (Å²) in [5.74, 6) is -1.23. The Morgan fingerprint density at radius 3 is 2.55 bits per heavy atom. The van der Waals surface area contributed by atoms with E-state index in [-0.39, 0.29) is 17.7 Å². The van der Waals surface area contributed by atoms with Gasteiger partial charge in [0.2, 0.25) is 5.43 Å². The van der Waals surface area contributed by atoms with Crippen LogP contribution in [0.1, 0.15) is 16.1 Å². The fourth-order valence-electron chi connectivity index (χ4n) is 1.93. The number of rotatable bonds is 4. The van der Waals surface area contributed by atoms with Crippen LogP contribution < -0.4 is 11.2 Å². The van der Waals surface area contributed by atoms with Crippen molar-refractivity contribution in [2.24, 2.45) is 5.73 Å². The lowest BCUT2D eigenvalue weighted by Gasteiger charge is -2.10. The van der Waals surface area contributed by atoms with Crippen molar-refractivity contribution in [2.75, 3.05) is 7.11 Å². The lowest BCUT2D eigenvalue weighted by Crippen LogP contribution is -2.24. The lowest BCUT2D eigenvalue weighted by molar-refractivity contribution is 0.0999. The molecule has 1 amide bonds. The van der Waals surface area contributed by atoms with E-state index in [1.54, 1.807) is 0 Å². The predicted molar refractivity (Wildman–Crippen MR) is 71.7 cm³/mol. The molecule has 0 aliphatic heterocycles. The zero-order chi connectivity index (χ0) is 14.7. The number of carbonyl (C=O) groups excluding carboxylic acids is 1. The van der Waals surface area contributed by atoms with Crippen LogP contribution >= 0.6 is 0 Å². The number of methoxy groups -OCH3 is 1. The van der Waals surface area contributed by atoms with Gasteiger partial charge in [-0.15, -0.1) is 0 Å². The minimum atomic E-state index is -0.821. The van der Waals surface area contributed by atoms with E-state index >= 15 is 0 Å². The van der Waals surface area contributed by atoms with Crippen molar-refractivity contribution in [1.29, 1.82) is 0 Å². The largest absolute Gasteiger partial charge is 0.378 e. The Hall–Kier alpha value is -2.47. The highest BCUT2D eigenvalue weighted by atomic mass is 19.1. The van der Waals surface area contributed by atoms with Gasteiger partial charge in [-0.1, -0.05) is 12.1 Å². The molecule has 0 spiro atoms. The van der Waals surface area contributed by atoms with Gasteiger partial charge in [0.1, 0.15) is 11.4 Å². The maximum Gasteiger partial charge on any atom is 0.254 e. The van der Waals surface area contributed by atoms with Gasteiger partial charge in [0, 0.05) is 13.3 Å². The molecule has 0 saturated heterocycles. The van der Waals surface area contributed by atoms with E-state index in [1.165, 1.54) is 37.6 Å². The van der Waals surface area contributed by atoms with Crippen LogP contribution in [0.4, 0.5) is 4.39 Å². The van der Waals surface area contributed by atoms with Crippen molar-refractivity contribution in [3.63, 3.8) is 0 Å². The molecular weight excluding hydrogens is 263 g/mol. The number of nitrogens with two attached hydrogens (primary N) is 1. The number of amides is 1. The number of hydrogen-bond acceptors (Lipinski definition) is 3. The SMILES string of the molecule is COCc1[nH]cc(C(N)=O)c(=O)c1-c1ccc(F)cc1. The van der Waals surface area contributed by atoms with Crippen LogP contribution in [0, 0.1) is 5.82 Å². The van der Waals surface area contributed by atoms with Crippen molar-refractivity contribution < 1.29 is 13.9 Å². The first kappa shape index (κ1) is 14.0. The van der Waals surface area contributed by atoms with E-state index in [1.807, 2.05) is 0 Å². The van der Waals surface area contributed by atoms with E-state index < -0.39 is 17.2 Å². The zero-order valence-corrected chi connectivity index (χ0v) is 10.8. The number of primary amides is 1. The predicted octanol–water partition coefficient (Wildman–Crippen LogP) is 1.43. The average molecular weight is 276 g/mol. The third-order valence-corrected chi connectivity index (χ3v) is 2.85. The number of carbonyl (C=O) groups is 1. The first-order valence-electron chi connectivity index (χ1n) is 5.84. The van der Waals surface area contributed by atoms with Gasteiger partial charge in [-0.2, -0.15) is 0 Å². The second-order valence-electron chi connectivity index (χ2n) is 4.19.